The van der Waals surface area contributed by atoms with Crippen molar-refractivity contribution in [3.8, 4) is 0 Å². The molecule has 0 unspecified atom stereocenters. The number of carboxylic acids is 1. The summed E-state index contributed by atoms with van der Waals surface area (Å²) in [6, 6.07) is 5.91. The van der Waals surface area contributed by atoms with Gasteiger partial charge >= 0.3 is 11.9 Å². The molecule has 1 aromatic rings. The van der Waals surface area contributed by atoms with Crippen molar-refractivity contribution in [2.45, 2.75) is 12.5 Å². The summed E-state index contributed by atoms with van der Waals surface area (Å²) in [7, 11) is 0. The van der Waals surface area contributed by atoms with Crippen molar-refractivity contribution in [2.75, 3.05) is 0 Å². The molecule has 0 aliphatic carbocycles. The zero-order valence-electron chi connectivity index (χ0n) is 9.83. The molecular formula is C14H14O4. The Bertz CT molecular complexity index is 476. The van der Waals surface area contributed by atoms with Crippen LogP contribution in [0.4, 0.5) is 0 Å². The number of carbonyl (C=O) groups excluding carboxylic acids is 1. The van der Waals surface area contributed by atoms with Gasteiger partial charge in [-0.25, -0.2) is 9.59 Å². The summed E-state index contributed by atoms with van der Waals surface area (Å²) >= 11 is 0. The number of hydrogen-bond donors (Lipinski definition) is 1. The van der Waals surface area contributed by atoms with Crippen LogP contribution in [0.5, 0.6) is 0 Å². The van der Waals surface area contributed by atoms with Crippen LogP contribution in [-0.4, -0.2) is 23.1 Å². The third-order valence-electron chi connectivity index (χ3n) is 2.30. The Morgan fingerprint density at radius 3 is 2.39 bits per heavy atom. The first-order valence-corrected chi connectivity index (χ1v) is 5.37. The van der Waals surface area contributed by atoms with Crippen LogP contribution in [0.2, 0.25) is 0 Å². The van der Waals surface area contributed by atoms with Gasteiger partial charge in [-0.15, -0.1) is 6.58 Å². The minimum absolute atomic E-state index is 0.0286. The highest BCUT2D eigenvalue weighted by atomic mass is 16.5. The predicted molar refractivity (Wildman–Crippen MR) is 67.6 cm³/mol. The molecule has 1 N–H and O–H groups in total. The highest BCUT2D eigenvalue weighted by molar-refractivity contribution is 6.02. The van der Waals surface area contributed by atoms with Gasteiger partial charge < -0.3 is 9.84 Å². The molecule has 1 atom stereocenters. The van der Waals surface area contributed by atoms with Crippen molar-refractivity contribution in [1.82, 2.24) is 0 Å². The number of carboxylic acid groups (broad SMARTS) is 1. The van der Waals surface area contributed by atoms with E-state index in [1.54, 1.807) is 18.2 Å². The molecule has 0 heterocycles. The molecule has 0 amide bonds. The van der Waals surface area contributed by atoms with E-state index in [9.17, 15) is 9.59 Å². The molecular weight excluding hydrogens is 232 g/mol. The standard InChI is InChI=1S/C14H14O4/c1-3-7-10(4-2)18-14(17)12-9-6-5-8-11(12)13(15)16/h3-6,8-10H,1-2,7H2,(H,15,16)/t10-/m1/s1. The van der Waals surface area contributed by atoms with E-state index >= 15 is 0 Å². The summed E-state index contributed by atoms with van der Waals surface area (Å²) in [5.41, 5.74) is -0.0511. The lowest BCUT2D eigenvalue weighted by molar-refractivity contribution is 0.0393. The first kappa shape index (κ1) is 13.7. The van der Waals surface area contributed by atoms with Crippen LogP contribution in [0.25, 0.3) is 0 Å². The van der Waals surface area contributed by atoms with Crippen LogP contribution in [0, 0.1) is 0 Å². The zero-order chi connectivity index (χ0) is 13.5. The number of carbonyl (C=O) groups is 2. The minimum Gasteiger partial charge on any atom is -0.478 e. The molecule has 0 saturated heterocycles. The van der Waals surface area contributed by atoms with Gasteiger partial charge in [0.2, 0.25) is 0 Å². The fourth-order valence-electron chi connectivity index (χ4n) is 1.41. The monoisotopic (exact) mass is 246 g/mol. The van der Waals surface area contributed by atoms with Gasteiger partial charge in [-0.05, 0) is 12.1 Å². The number of ether oxygens (including phenoxy) is 1. The van der Waals surface area contributed by atoms with E-state index in [-0.39, 0.29) is 11.1 Å². The van der Waals surface area contributed by atoms with E-state index in [1.807, 2.05) is 0 Å². The Morgan fingerprint density at radius 1 is 1.28 bits per heavy atom. The van der Waals surface area contributed by atoms with E-state index in [2.05, 4.69) is 13.2 Å². The summed E-state index contributed by atoms with van der Waals surface area (Å²) in [4.78, 5) is 22.8. The summed E-state index contributed by atoms with van der Waals surface area (Å²) in [6.07, 6.45) is 3.01. The second-order valence-corrected chi connectivity index (χ2v) is 3.55. The molecule has 4 heteroatoms. The summed E-state index contributed by atoms with van der Waals surface area (Å²) in [5, 5.41) is 8.97. The first-order chi connectivity index (χ1) is 8.60. The number of rotatable bonds is 6. The topological polar surface area (TPSA) is 63.6 Å². The average molecular weight is 246 g/mol. The van der Waals surface area contributed by atoms with E-state index in [0.717, 1.165) is 0 Å². The van der Waals surface area contributed by atoms with Crippen molar-refractivity contribution in [3.63, 3.8) is 0 Å². The zero-order valence-corrected chi connectivity index (χ0v) is 9.83. The molecule has 0 aliphatic heterocycles. The van der Waals surface area contributed by atoms with Gasteiger partial charge in [-0.1, -0.05) is 30.9 Å². The number of esters is 1. The smallest absolute Gasteiger partial charge is 0.339 e. The second kappa shape index (κ2) is 6.39. The van der Waals surface area contributed by atoms with E-state index < -0.39 is 18.0 Å². The molecule has 1 aromatic carbocycles. The summed E-state index contributed by atoms with van der Waals surface area (Å²) < 4.78 is 5.13. The maximum Gasteiger partial charge on any atom is 0.339 e. The minimum atomic E-state index is -1.17. The molecule has 0 aliphatic rings. The van der Waals surface area contributed by atoms with Gasteiger partial charge in [0.25, 0.3) is 0 Å². The lowest BCUT2D eigenvalue weighted by Gasteiger charge is -2.13. The SMILES string of the molecule is C=CC[C@@H](C=C)OC(=O)c1ccccc1C(=O)O. The lowest BCUT2D eigenvalue weighted by Crippen LogP contribution is -2.18. The molecule has 0 bridgehead atoms. The van der Waals surface area contributed by atoms with Gasteiger partial charge in [0.05, 0.1) is 11.1 Å². The van der Waals surface area contributed by atoms with Crippen molar-refractivity contribution in [2.24, 2.45) is 0 Å². The maximum atomic E-state index is 11.8. The quantitative estimate of drug-likeness (QED) is 0.619. The second-order valence-electron chi connectivity index (χ2n) is 3.55. The van der Waals surface area contributed by atoms with Crippen LogP contribution in [0.15, 0.2) is 49.6 Å². The first-order valence-electron chi connectivity index (χ1n) is 5.37. The van der Waals surface area contributed by atoms with Crippen LogP contribution in [0.1, 0.15) is 27.1 Å². The lowest BCUT2D eigenvalue weighted by atomic mass is 10.1. The third-order valence-corrected chi connectivity index (χ3v) is 2.30. The Balaban J connectivity index is 2.93. The fraction of sp³-hybridized carbons (Fsp3) is 0.143. The molecule has 0 aromatic heterocycles. The summed E-state index contributed by atoms with van der Waals surface area (Å²) in [6.45, 7) is 7.08. The highest BCUT2D eigenvalue weighted by Gasteiger charge is 2.18. The van der Waals surface area contributed by atoms with Gasteiger partial charge in [-0.3, -0.25) is 0 Å². The van der Waals surface area contributed by atoms with Crippen LogP contribution >= 0.6 is 0 Å². The fourth-order valence-corrected chi connectivity index (χ4v) is 1.41. The normalized spacial score (nSPS) is 11.3. The van der Waals surface area contributed by atoms with Crippen molar-refractivity contribution in [1.29, 1.82) is 0 Å². The molecule has 4 nitrogen and oxygen atoms in total. The Labute approximate surface area is 105 Å². The Hall–Kier alpha value is -2.36. The van der Waals surface area contributed by atoms with Gasteiger partial charge in [-0.2, -0.15) is 0 Å². The van der Waals surface area contributed by atoms with E-state index in [0.29, 0.717) is 6.42 Å². The van der Waals surface area contributed by atoms with Gasteiger partial charge in [0, 0.05) is 6.42 Å². The van der Waals surface area contributed by atoms with Crippen molar-refractivity contribution in [3.05, 3.63) is 60.7 Å². The molecule has 18 heavy (non-hydrogen) atoms. The van der Waals surface area contributed by atoms with Crippen LogP contribution in [0.3, 0.4) is 0 Å². The Kier molecular flexibility index (Phi) is 4.87. The third kappa shape index (κ3) is 3.31. The van der Waals surface area contributed by atoms with E-state index in [4.69, 9.17) is 9.84 Å². The van der Waals surface area contributed by atoms with Crippen molar-refractivity contribution >= 4 is 11.9 Å². The highest BCUT2D eigenvalue weighted by Crippen LogP contribution is 2.13. The van der Waals surface area contributed by atoms with Crippen LogP contribution < -0.4 is 0 Å². The maximum absolute atomic E-state index is 11.8. The molecule has 0 radical (unpaired) electrons. The van der Waals surface area contributed by atoms with Crippen LogP contribution in [-0.2, 0) is 4.74 Å². The largest absolute Gasteiger partial charge is 0.478 e. The number of benzene rings is 1. The predicted octanol–water partition coefficient (Wildman–Crippen LogP) is 2.67. The number of aromatic carboxylic acids is 1. The molecule has 94 valence electrons. The van der Waals surface area contributed by atoms with E-state index in [1.165, 1.54) is 18.2 Å². The molecule has 0 saturated carbocycles. The van der Waals surface area contributed by atoms with Crippen molar-refractivity contribution < 1.29 is 19.4 Å². The molecule has 0 fully saturated rings. The Morgan fingerprint density at radius 2 is 1.89 bits per heavy atom. The summed E-state index contributed by atoms with van der Waals surface area (Å²) in [5.74, 6) is -1.85. The molecule has 0 spiro atoms. The van der Waals surface area contributed by atoms with Gasteiger partial charge in [0.1, 0.15) is 6.10 Å². The number of hydrogen-bond acceptors (Lipinski definition) is 3. The van der Waals surface area contributed by atoms with Gasteiger partial charge in [0.15, 0.2) is 0 Å². The molecule has 1 rings (SSSR count). The average Bonchev–Trinajstić information content (AvgIpc) is 2.38.